The number of carbonyl (C=O) groups is 1. The normalized spacial score (nSPS) is 24.3. The number of benzene rings is 2. The summed E-state index contributed by atoms with van der Waals surface area (Å²) in [5.74, 6) is 3.19. The highest BCUT2D eigenvalue weighted by Gasteiger charge is 2.39. The molecule has 0 radical (unpaired) electrons. The molecule has 2 heterocycles. The van der Waals surface area contributed by atoms with Crippen molar-refractivity contribution >= 4 is 47.3 Å². The second kappa shape index (κ2) is 13.2. The zero-order valence-corrected chi connectivity index (χ0v) is 24.5. The number of anilines is 2. The summed E-state index contributed by atoms with van der Waals surface area (Å²) >= 11 is 12.5. The number of nitrogens with two attached hydrogens (primary N) is 1. The number of aliphatic imine (C=N–C) groups is 1. The van der Waals surface area contributed by atoms with E-state index in [0.717, 1.165) is 59.4 Å². The lowest BCUT2D eigenvalue weighted by Crippen LogP contribution is -2.56. The monoisotopic (exact) mass is 574 g/mol. The number of ether oxygens (including phenoxy) is 1. The summed E-state index contributed by atoms with van der Waals surface area (Å²) in [7, 11) is 1.74. The van der Waals surface area contributed by atoms with Crippen LogP contribution in [0.5, 0.6) is 5.75 Å². The average molecular weight is 576 g/mol. The van der Waals surface area contributed by atoms with Gasteiger partial charge in [-0.05, 0) is 75.1 Å². The second-order valence-corrected chi connectivity index (χ2v) is 12.0. The minimum atomic E-state index is -0.264. The van der Waals surface area contributed by atoms with Gasteiger partial charge in [-0.15, -0.1) is 0 Å². The third-order valence-corrected chi connectivity index (χ3v) is 8.98. The molecule has 212 valence electrons. The van der Waals surface area contributed by atoms with Gasteiger partial charge in [0.15, 0.2) is 0 Å². The molecule has 0 aromatic heterocycles. The van der Waals surface area contributed by atoms with Crippen LogP contribution in [0.1, 0.15) is 56.8 Å². The fourth-order valence-corrected chi connectivity index (χ4v) is 6.76. The molecule has 7 nitrogen and oxygen atoms in total. The van der Waals surface area contributed by atoms with Gasteiger partial charge in [-0.3, -0.25) is 9.79 Å². The topological polar surface area (TPSA) is 91.4 Å². The van der Waals surface area contributed by atoms with E-state index in [9.17, 15) is 0 Å². The number of rotatable bonds is 7. The molecule has 3 aliphatic rings. The Morgan fingerprint density at radius 1 is 1.15 bits per heavy atom. The maximum Gasteiger partial charge on any atom is 0.290 e. The van der Waals surface area contributed by atoms with Crippen LogP contribution in [0.4, 0.5) is 11.4 Å². The second-order valence-electron chi connectivity index (χ2n) is 11.2. The number of carboxylic acid groups (broad SMARTS) is 1. The van der Waals surface area contributed by atoms with Crippen molar-refractivity contribution in [2.24, 2.45) is 22.7 Å². The van der Waals surface area contributed by atoms with Gasteiger partial charge in [-0.1, -0.05) is 36.2 Å². The molecule has 2 aromatic rings. The molecule has 2 atom stereocenters. The zero-order valence-electron chi connectivity index (χ0n) is 23.0. The number of hydrogen-bond donors (Lipinski definition) is 2. The van der Waals surface area contributed by atoms with Crippen molar-refractivity contribution in [3.05, 3.63) is 51.5 Å². The molecule has 5 rings (SSSR count). The molecule has 1 saturated carbocycles. The standard InChI is InChI=1S/C29H38Cl2N4O.CH2O2/c1-18-9-23(10-18)34-8-4-5-20(15-34)21-16-35(17-21)24-12-28(32)26(14-33-3)29(13-24)36-19(2)25-7-6-22(30)11-27(25)31;2-1-3/h6-7,11-14,18-21,23H,4-5,8-10,15-17,32H2,1-3H3;1H,(H,2,3)/t18?,19-,20?,23?;/m1./s1. The highest BCUT2D eigenvalue weighted by molar-refractivity contribution is 6.35. The van der Waals surface area contributed by atoms with Crippen LogP contribution < -0.4 is 15.4 Å². The highest BCUT2D eigenvalue weighted by atomic mass is 35.5. The summed E-state index contributed by atoms with van der Waals surface area (Å²) in [5, 5.41) is 8.09. The Hall–Kier alpha value is -2.48. The van der Waals surface area contributed by atoms with Crippen LogP contribution in [0.15, 0.2) is 35.3 Å². The molecule has 0 spiro atoms. The van der Waals surface area contributed by atoms with Crippen LogP contribution in [-0.2, 0) is 4.79 Å². The SMILES string of the molecule is CN=Cc1c(N)cc(N2CC(C3CCCN(C4CC(C)C4)C3)C2)cc1O[C@H](C)c1ccc(Cl)cc1Cl.O=CO. The molecular formula is C30H40Cl2N4O3. The Kier molecular flexibility index (Phi) is 10.0. The Balaban J connectivity index is 0.00000112. The smallest absolute Gasteiger partial charge is 0.290 e. The third kappa shape index (κ3) is 7.00. The molecule has 1 aliphatic carbocycles. The number of piperidine rings is 1. The molecule has 1 unspecified atom stereocenters. The van der Waals surface area contributed by atoms with Gasteiger partial charge < -0.3 is 25.4 Å². The van der Waals surface area contributed by atoms with Crippen LogP contribution in [0.3, 0.4) is 0 Å². The van der Waals surface area contributed by atoms with Gasteiger partial charge >= 0.3 is 0 Å². The molecule has 2 aromatic carbocycles. The van der Waals surface area contributed by atoms with Gasteiger partial charge in [-0.25, -0.2) is 0 Å². The first-order chi connectivity index (χ1) is 18.7. The van der Waals surface area contributed by atoms with Crippen molar-refractivity contribution in [2.75, 3.05) is 43.9 Å². The molecule has 0 bridgehead atoms. The highest BCUT2D eigenvalue weighted by Crippen LogP contribution is 2.41. The zero-order chi connectivity index (χ0) is 28.1. The Morgan fingerprint density at radius 2 is 1.87 bits per heavy atom. The van der Waals surface area contributed by atoms with Crippen LogP contribution >= 0.6 is 23.2 Å². The van der Waals surface area contributed by atoms with E-state index < -0.39 is 0 Å². The predicted octanol–water partition coefficient (Wildman–Crippen LogP) is 6.41. The summed E-state index contributed by atoms with van der Waals surface area (Å²) in [6.07, 6.45) is 6.98. The Bertz CT molecular complexity index is 1170. The molecule has 2 aliphatic heterocycles. The van der Waals surface area contributed by atoms with Gasteiger partial charge in [0, 0.05) is 72.0 Å². The molecular weight excluding hydrogens is 535 g/mol. The van der Waals surface area contributed by atoms with Crippen molar-refractivity contribution in [1.29, 1.82) is 0 Å². The lowest BCUT2D eigenvalue weighted by Gasteiger charge is -2.51. The molecule has 3 fully saturated rings. The average Bonchev–Trinajstić information content (AvgIpc) is 2.84. The molecule has 2 saturated heterocycles. The third-order valence-electron chi connectivity index (χ3n) is 8.42. The predicted molar refractivity (Wildman–Crippen MR) is 161 cm³/mol. The van der Waals surface area contributed by atoms with Gasteiger partial charge in [-0.2, -0.15) is 0 Å². The van der Waals surface area contributed by atoms with E-state index in [4.69, 9.17) is 43.6 Å². The molecule has 39 heavy (non-hydrogen) atoms. The fraction of sp³-hybridized carbons (Fsp3) is 0.533. The van der Waals surface area contributed by atoms with Crippen LogP contribution in [0.25, 0.3) is 0 Å². The van der Waals surface area contributed by atoms with Crippen LogP contribution in [0, 0.1) is 17.8 Å². The Morgan fingerprint density at radius 3 is 2.51 bits per heavy atom. The summed E-state index contributed by atoms with van der Waals surface area (Å²) in [4.78, 5) is 17.8. The summed E-state index contributed by atoms with van der Waals surface area (Å²) in [6.45, 7) is 8.85. The van der Waals surface area contributed by atoms with E-state index in [-0.39, 0.29) is 12.6 Å². The largest absolute Gasteiger partial charge is 0.485 e. The quantitative estimate of drug-likeness (QED) is 0.225. The van der Waals surface area contributed by atoms with Crippen LogP contribution in [0.2, 0.25) is 10.0 Å². The molecule has 0 amide bonds. The fourth-order valence-electron chi connectivity index (χ4n) is 6.20. The summed E-state index contributed by atoms with van der Waals surface area (Å²) < 4.78 is 6.42. The maximum atomic E-state index is 8.36. The van der Waals surface area contributed by atoms with E-state index >= 15 is 0 Å². The van der Waals surface area contributed by atoms with Crippen molar-refractivity contribution in [3.8, 4) is 5.75 Å². The number of halogens is 2. The van der Waals surface area contributed by atoms with E-state index in [1.54, 1.807) is 19.3 Å². The molecule has 3 N–H and O–H groups in total. The van der Waals surface area contributed by atoms with Crippen molar-refractivity contribution in [1.82, 2.24) is 4.90 Å². The first-order valence-electron chi connectivity index (χ1n) is 13.8. The lowest BCUT2D eigenvalue weighted by atomic mass is 9.76. The van der Waals surface area contributed by atoms with Crippen molar-refractivity contribution in [3.63, 3.8) is 0 Å². The summed E-state index contributed by atoms with van der Waals surface area (Å²) in [5.41, 5.74) is 9.97. The van der Waals surface area contributed by atoms with Gasteiger partial charge in [0.25, 0.3) is 6.47 Å². The first kappa shape index (κ1) is 29.5. The summed E-state index contributed by atoms with van der Waals surface area (Å²) in [6, 6.07) is 10.5. The van der Waals surface area contributed by atoms with E-state index in [1.165, 1.54) is 38.8 Å². The minimum absolute atomic E-state index is 0.250. The van der Waals surface area contributed by atoms with Crippen LogP contribution in [-0.4, -0.2) is 62.0 Å². The Labute approximate surface area is 241 Å². The van der Waals surface area contributed by atoms with Gasteiger partial charge in [0.05, 0.1) is 5.56 Å². The van der Waals surface area contributed by atoms with E-state index in [2.05, 4.69) is 33.8 Å². The lowest BCUT2D eigenvalue weighted by molar-refractivity contribution is -0.122. The minimum Gasteiger partial charge on any atom is -0.485 e. The van der Waals surface area contributed by atoms with Crippen molar-refractivity contribution < 1.29 is 14.6 Å². The number of nitrogens with zero attached hydrogens (tertiary/aromatic N) is 3. The number of likely N-dealkylation sites (tertiary alicyclic amines) is 1. The van der Waals surface area contributed by atoms with E-state index in [1.807, 2.05) is 19.1 Å². The molecule has 9 heteroatoms. The first-order valence-corrected chi connectivity index (χ1v) is 14.5. The van der Waals surface area contributed by atoms with Gasteiger partial charge in [0.1, 0.15) is 11.9 Å². The maximum absolute atomic E-state index is 8.36. The number of hydrogen-bond acceptors (Lipinski definition) is 6. The van der Waals surface area contributed by atoms with E-state index in [0.29, 0.717) is 15.7 Å². The van der Waals surface area contributed by atoms with Crippen molar-refractivity contribution in [2.45, 2.75) is 51.7 Å². The van der Waals surface area contributed by atoms with Gasteiger partial charge in [0.2, 0.25) is 0 Å². The number of nitrogen functional groups attached to an aromatic ring is 1.